The summed E-state index contributed by atoms with van der Waals surface area (Å²) in [7, 11) is 0. The van der Waals surface area contributed by atoms with E-state index in [4.69, 9.17) is 0 Å². The van der Waals surface area contributed by atoms with E-state index in [2.05, 4.69) is 31.7 Å². The minimum Gasteiger partial charge on any atom is -0.349 e. The Hall–Kier alpha value is -1.66. The second kappa shape index (κ2) is 6.84. The van der Waals surface area contributed by atoms with Crippen LogP contribution in [0.25, 0.3) is 5.69 Å². The van der Waals surface area contributed by atoms with Gasteiger partial charge in [-0.1, -0.05) is 0 Å². The molecule has 3 rings (SSSR count). The molecule has 0 radical (unpaired) electrons. The molecule has 0 aliphatic carbocycles. The van der Waals surface area contributed by atoms with E-state index < -0.39 is 0 Å². The van der Waals surface area contributed by atoms with Crippen molar-refractivity contribution in [2.75, 3.05) is 13.1 Å². The maximum atomic E-state index is 12.3. The van der Waals surface area contributed by atoms with Crippen molar-refractivity contribution in [2.24, 2.45) is 0 Å². The Morgan fingerprint density at radius 1 is 1.26 bits per heavy atom. The maximum Gasteiger partial charge on any atom is 0.251 e. The summed E-state index contributed by atoms with van der Waals surface area (Å²) in [6, 6.07) is 7.86. The Morgan fingerprint density at radius 3 is 2.48 bits per heavy atom. The number of carbonyl (C=O) groups is 1. The second-order valence-electron chi connectivity index (χ2n) is 5.94. The smallest absolute Gasteiger partial charge is 0.251 e. The summed E-state index contributed by atoms with van der Waals surface area (Å²) in [5.41, 5.74) is 3.65. The molecule has 0 spiro atoms. The molecule has 0 bridgehead atoms. The summed E-state index contributed by atoms with van der Waals surface area (Å²) in [4.78, 5) is 12.3. The number of aryl methyl sites for hydroxylation is 1. The molecule has 2 heterocycles. The van der Waals surface area contributed by atoms with Gasteiger partial charge in [-0.15, -0.1) is 0 Å². The number of benzene rings is 1. The van der Waals surface area contributed by atoms with Crippen LogP contribution in [0.5, 0.6) is 0 Å². The first kappa shape index (κ1) is 16.2. The molecular formula is C17H21BrN4O. The normalized spacial score (nSPS) is 15.6. The monoisotopic (exact) mass is 376 g/mol. The van der Waals surface area contributed by atoms with E-state index in [1.807, 2.05) is 42.8 Å². The number of carbonyl (C=O) groups excluding carboxylic acids is 1. The number of piperidine rings is 1. The first-order valence-corrected chi connectivity index (χ1v) is 8.69. The quantitative estimate of drug-likeness (QED) is 0.865. The highest BCUT2D eigenvalue weighted by Crippen LogP contribution is 2.23. The van der Waals surface area contributed by atoms with E-state index in [1.54, 1.807) is 0 Å². The highest BCUT2D eigenvalue weighted by Gasteiger charge is 2.16. The van der Waals surface area contributed by atoms with Crippen molar-refractivity contribution in [1.29, 1.82) is 0 Å². The van der Waals surface area contributed by atoms with Crippen LogP contribution in [0.1, 0.15) is 34.6 Å². The molecule has 1 aromatic carbocycles. The van der Waals surface area contributed by atoms with Crippen molar-refractivity contribution in [3.05, 3.63) is 45.7 Å². The van der Waals surface area contributed by atoms with Gasteiger partial charge in [-0.3, -0.25) is 4.79 Å². The van der Waals surface area contributed by atoms with E-state index in [1.165, 1.54) is 0 Å². The molecule has 0 saturated carbocycles. The molecule has 2 N–H and O–H groups in total. The highest BCUT2D eigenvalue weighted by molar-refractivity contribution is 9.10. The summed E-state index contributed by atoms with van der Waals surface area (Å²) in [6.07, 6.45) is 1.98. The van der Waals surface area contributed by atoms with Crippen LogP contribution in [-0.4, -0.2) is 34.8 Å². The molecule has 1 amide bonds. The molecule has 0 unspecified atom stereocenters. The fourth-order valence-electron chi connectivity index (χ4n) is 2.86. The fraction of sp³-hybridized carbons (Fsp3) is 0.412. The lowest BCUT2D eigenvalue weighted by atomic mass is 10.1. The van der Waals surface area contributed by atoms with Crippen LogP contribution in [0.15, 0.2) is 28.7 Å². The van der Waals surface area contributed by atoms with Crippen molar-refractivity contribution in [3.63, 3.8) is 0 Å². The number of hydrogen-bond donors (Lipinski definition) is 2. The summed E-state index contributed by atoms with van der Waals surface area (Å²) in [5.74, 6) is -0.00185. The topological polar surface area (TPSA) is 59.0 Å². The first-order chi connectivity index (χ1) is 11.1. The van der Waals surface area contributed by atoms with Gasteiger partial charge in [-0.25, -0.2) is 4.68 Å². The molecule has 5 nitrogen and oxygen atoms in total. The van der Waals surface area contributed by atoms with E-state index in [0.717, 1.165) is 47.5 Å². The van der Waals surface area contributed by atoms with Crippen LogP contribution < -0.4 is 10.6 Å². The van der Waals surface area contributed by atoms with Gasteiger partial charge >= 0.3 is 0 Å². The molecule has 1 fully saturated rings. The number of amides is 1. The van der Waals surface area contributed by atoms with E-state index in [0.29, 0.717) is 5.56 Å². The third kappa shape index (κ3) is 3.48. The Balaban J connectivity index is 1.73. The molecule has 1 aliphatic heterocycles. The third-order valence-corrected chi connectivity index (χ3v) is 5.40. The molecule has 1 aromatic heterocycles. The van der Waals surface area contributed by atoms with Gasteiger partial charge in [-0.2, -0.15) is 5.10 Å². The van der Waals surface area contributed by atoms with Crippen molar-refractivity contribution in [1.82, 2.24) is 20.4 Å². The van der Waals surface area contributed by atoms with Crippen LogP contribution in [0.2, 0.25) is 0 Å². The van der Waals surface area contributed by atoms with E-state index in [9.17, 15) is 4.79 Å². The lowest BCUT2D eigenvalue weighted by molar-refractivity contribution is 0.0929. The Kier molecular flexibility index (Phi) is 4.82. The summed E-state index contributed by atoms with van der Waals surface area (Å²) >= 11 is 3.54. The highest BCUT2D eigenvalue weighted by atomic mass is 79.9. The predicted molar refractivity (Wildman–Crippen MR) is 94.1 cm³/mol. The van der Waals surface area contributed by atoms with E-state index in [-0.39, 0.29) is 11.9 Å². The first-order valence-electron chi connectivity index (χ1n) is 7.90. The number of hydrogen-bond acceptors (Lipinski definition) is 3. The largest absolute Gasteiger partial charge is 0.349 e. The molecule has 6 heteroatoms. The molecular weight excluding hydrogens is 356 g/mol. The van der Waals surface area contributed by atoms with Gasteiger partial charge in [0.2, 0.25) is 0 Å². The van der Waals surface area contributed by atoms with Crippen LogP contribution >= 0.6 is 15.9 Å². The van der Waals surface area contributed by atoms with Crippen molar-refractivity contribution < 1.29 is 4.79 Å². The number of nitrogens with one attached hydrogen (secondary N) is 2. The zero-order valence-electron chi connectivity index (χ0n) is 13.4. The molecule has 2 aromatic rings. The van der Waals surface area contributed by atoms with Gasteiger partial charge in [0, 0.05) is 11.6 Å². The Labute approximate surface area is 144 Å². The molecule has 122 valence electrons. The maximum absolute atomic E-state index is 12.3. The SMILES string of the molecule is Cc1nn(-c2ccc(C(=O)NC3CCNCC3)cc2)c(C)c1Br. The summed E-state index contributed by atoms with van der Waals surface area (Å²) < 4.78 is 2.90. The van der Waals surface area contributed by atoms with Gasteiger partial charge < -0.3 is 10.6 Å². The molecule has 0 atom stereocenters. The van der Waals surface area contributed by atoms with Crippen LogP contribution in [-0.2, 0) is 0 Å². The van der Waals surface area contributed by atoms with Crippen LogP contribution in [0.3, 0.4) is 0 Å². The average molecular weight is 377 g/mol. The lowest BCUT2D eigenvalue weighted by Gasteiger charge is -2.23. The van der Waals surface area contributed by atoms with Gasteiger partial charge in [0.05, 0.1) is 21.5 Å². The predicted octanol–water partition coefficient (Wildman–Crippen LogP) is 2.73. The second-order valence-corrected chi connectivity index (χ2v) is 6.73. The number of rotatable bonds is 3. The standard InChI is InChI=1S/C17H21BrN4O/c1-11-16(18)12(2)22(21-11)15-5-3-13(4-6-15)17(23)20-14-7-9-19-10-8-14/h3-6,14,19H,7-10H2,1-2H3,(H,20,23). The van der Waals surface area contributed by atoms with Gasteiger partial charge in [0.1, 0.15) is 0 Å². The van der Waals surface area contributed by atoms with E-state index >= 15 is 0 Å². The van der Waals surface area contributed by atoms with Gasteiger partial charge in [-0.05, 0) is 80.0 Å². The zero-order chi connectivity index (χ0) is 16.4. The fourth-order valence-corrected chi connectivity index (χ4v) is 3.11. The summed E-state index contributed by atoms with van der Waals surface area (Å²) in [6.45, 7) is 5.92. The minimum atomic E-state index is -0.00185. The van der Waals surface area contributed by atoms with Crippen LogP contribution in [0.4, 0.5) is 0 Å². The van der Waals surface area contributed by atoms with Crippen LogP contribution in [0, 0.1) is 13.8 Å². The molecule has 1 saturated heterocycles. The molecule has 1 aliphatic rings. The lowest BCUT2D eigenvalue weighted by Crippen LogP contribution is -2.42. The zero-order valence-corrected chi connectivity index (χ0v) is 15.0. The number of aromatic nitrogens is 2. The third-order valence-electron chi connectivity index (χ3n) is 4.25. The minimum absolute atomic E-state index is 0.00185. The van der Waals surface area contributed by atoms with Gasteiger partial charge in [0.15, 0.2) is 0 Å². The Morgan fingerprint density at radius 2 is 1.91 bits per heavy atom. The molecule has 23 heavy (non-hydrogen) atoms. The van der Waals surface area contributed by atoms with Crippen molar-refractivity contribution in [2.45, 2.75) is 32.7 Å². The van der Waals surface area contributed by atoms with Crippen molar-refractivity contribution >= 4 is 21.8 Å². The Bertz CT molecular complexity index is 702. The average Bonchev–Trinajstić information content (AvgIpc) is 2.83. The summed E-state index contributed by atoms with van der Waals surface area (Å²) in [5, 5.41) is 10.9. The number of nitrogens with zero attached hydrogens (tertiary/aromatic N) is 2. The van der Waals surface area contributed by atoms with Crippen molar-refractivity contribution in [3.8, 4) is 5.69 Å². The number of halogens is 1. The van der Waals surface area contributed by atoms with Gasteiger partial charge in [0.25, 0.3) is 5.91 Å².